The minimum atomic E-state index is -0.126. The number of hydrogen-bond acceptors (Lipinski definition) is 3. The van der Waals surface area contributed by atoms with E-state index in [0.717, 1.165) is 19.4 Å². The van der Waals surface area contributed by atoms with Gasteiger partial charge in [0.2, 0.25) is 5.91 Å². The van der Waals surface area contributed by atoms with Crippen LogP contribution in [0.3, 0.4) is 0 Å². The average Bonchev–Trinajstić information content (AvgIpc) is 2.90. The van der Waals surface area contributed by atoms with Crippen molar-refractivity contribution in [3.05, 3.63) is 0 Å². The van der Waals surface area contributed by atoms with E-state index in [0.29, 0.717) is 19.3 Å². The van der Waals surface area contributed by atoms with Gasteiger partial charge in [0.1, 0.15) is 6.04 Å². The monoisotopic (exact) mass is 206 g/mol. The Balaban J connectivity index is 0.000000845. The molecule has 2 aliphatic rings. The lowest BCUT2D eigenvalue weighted by molar-refractivity contribution is -0.126. The van der Waals surface area contributed by atoms with Gasteiger partial charge in [-0.3, -0.25) is 4.79 Å². The van der Waals surface area contributed by atoms with E-state index in [4.69, 9.17) is 4.74 Å². The summed E-state index contributed by atoms with van der Waals surface area (Å²) in [5, 5.41) is 6.06. The zero-order valence-corrected chi connectivity index (χ0v) is 8.23. The first kappa shape index (κ1) is 10.8. The summed E-state index contributed by atoms with van der Waals surface area (Å²) < 4.78 is 5.18. The highest BCUT2D eigenvalue weighted by Crippen LogP contribution is 2.18. The molecule has 5 heteroatoms. The maximum absolute atomic E-state index is 11.4. The van der Waals surface area contributed by atoms with Gasteiger partial charge in [-0.25, -0.2) is 0 Å². The second-order valence-corrected chi connectivity index (χ2v) is 3.36. The van der Waals surface area contributed by atoms with E-state index in [1.165, 1.54) is 0 Å². The molecule has 4 nitrogen and oxygen atoms in total. The van der Waals surface area contributed by atoms with Crippen molar-refractivity contribution in [2.45, 2.75) is 24.9 Å². The highest BCUT2D eigenvalue weighted by Gasteiger charge is 2.28. The van der Waals surface area contributed by atoms with E-state index in [-0.39, 0.29) is 24.4 Å². The van der Waals surface area contributed by atoms with E-state index in [1.54, 1.807) is 0 Å². The summed E-state index contributed by atoms with van der Waals surface area (Å²) in [4.78, 5) is 11.4. The van der Waals surface area contributed by atoms with Crippen LogP contribution in [0, 0.1) is 0 Å². The molecule has 0 unspecified atom stereocenters. The lowest BCUT2D eigenvalue weighted by atomic mass is 10.2. The van der Waals surface area contributed by atoms with Gasteiger partial charge in [-0.2, -0.15) is 0 Å². The van der Waals surface area contributed by atoms with Crippen LogP contribution >= 0.6 is 12.4 Å². The van der Waals surface area contributed by atoms with Crippen LogP contribution in [-0.4, -0.2) is 37.7 Å². The molecule has 1 saturated carbocycles. The highest BCUT2D eigenvalue weighted by atomic mass is 35.5. The zero-order valence-electron chi connectivity index (χ0n) is 7.41. The van der Waals surface area contributed by atoms with Crippen LogP contribution in [0.4, 0.5) is 0 Å². The zero-order chi connectivity index (χ0) is 8.39. The number of nitrogens with one attached hydrogen (secondary N) is 2. The molecule has 0 aromatic heterocycles. The molecule has 1 heterocycles. The van der Waals surface area contributed by atoms with Crippen LogP contribution in [0.2, 0.25) is 0 Å². The molecule has 0 radical (unpaired) electrons. The maximum Gasteiger partial charge on any atom is 0.239 e. The molecule has 76 valence electrons. The fourth-order valence-corrected chi connectivity index (χ4v) is 1.26. The lowest BCUT2D eigenvalue weighted by Gasteiger charge is -2.22. The summed E-state index contributed by atoms with van der Waals surface area (Å²) in [5.74, 6) is 0.0946. The molecule has 1 aliphatic heterocycles. The predicted octanol–water partition coefficient (Wildman–Crippen LogP) is -0.325. The van der Waals surface area contributed by atoms with Crippen LogP contribution in [-0.2, 0) is 9.53 Å². The van der Waals surface area contributed by atoms with Gasteiger partial charge in [-0.15, -0.1) is 12.4 Å². The molecule has 1 amide bonds. The van der Waals surface area contributed by atoms with Crippen molar-refractivity contribution in [2.24, 2.45) is 0 Å². The van der Waals surface area contributed by atoms with Crippen molar-refractivity contribution in [2.75, 3.05) is 19.8 Å². The van der Waals surface area contributed by atoms with Crippen molar-refractivity contribution in [3.63, 3.8) is 0 Å². The Morgan fingerprint density at radius 2 is 2.23 bits per heavy atom. The minimum absolute atomic E-state index is 0. The molecular formula is C8H15ClN2O2. The van der Waals surface area contributed by atoms with Gasteiger partial charge >= 0.3 is 0 Å². The summed E-state index contributed by atoms with van der Waals surface area (Å²) in [6.45, 7) is 2.01. The Bertz CT molecular complexity index is 179. The van der Waals surface area contributed by atoms with Gasteiger partial charge in [0.25, 0.3) is 0 Å². The third-order valence-corrected chi connectivity index (χ3v) is 2.16. The molecule has 1 atom stereocenters. The summed E-state index contributed by atoms with van der Waals surface area (Å²) in [5.41, 5.74) is 0. The maximum atomic E-state index is 11.4. The van der Waals surface area contributed by atoms with Gasteiger partial charge < -0.3 is 15.4 Å². The fourth-order valence-electron chi connectivity index (χ4n) is 1.26. The molecule has 0 aromatic rings. The molecule has 2 fully saturated rings. The average molecular weight is 207 g/mol. The molecule has 0 bridgehead atoms. The minimum Gasteiger partial charge on any atom is -0.378 e. The van der Waals surface area contributed by atoms with Crippen molar-refractivity contribution >= 4 is 18.3 Å². The number of carbonyl (C=O) groups excluding carboxylic acids is 1. The first-order chi connectivity index (χ1) is 5.86. The van der Waals surface area contributed by atoms with E-state index in [2.05, 4.69) is 10.6 Å². The van der Waals surface area contributed by atoms with Crippen LogP contribution in [0.25, 0.3) is 0 Å². The number of carbonyl (C=O) groups is 1. The third-order valence-electron chi connectivity index (χ3n) is 2.16. The summed E-state index contributed by atoms with van der Waals surface area (Å²) in [6.07, 6.45) is 2.28. The van der Waals surface area contributed by atoms with Crippen LogP contribution in [0.1, 0.15) is 12.8 Å². The first-order valence-corrected chi connectivity index (χ1v) is 4.48. The van der Waals surface area contributed by atoms with Gasteiger partial charge in [0, 0.05) is 12.6 Å². The second-order valence-electron chi connectivity index (χ2n) is 3.36. The van der Waals surface area contributed by atoms with Crippen LogP contribution in [0.5, 0.6) is 0 Å². The van der Waals surface area contributed by atoms with E-state index in [9.17, 15) is 4.79 Å². The second kappa shape index (κ2) is 4.79. The third kappa shape index (κ3) is 3.14. The van der Waals surface area contributed by atoms with Crippen molar-refractivity contribution in [1.82, 2.24) is 10.6 Å². The molecule has 2 rings (SSSR count). The smallest absolute Gasteiger partial charge is 0.239 e. The van der Waals surface area contributed by atoms with Crippen molar-refractivity contribution in [3.8, 4) is 0 Å². The SMILES string of the molecule is Cl.O=C(NC1CC1)[C@H]1COCCN1. The summed E-state index contributed by atoms with van der Waals surface area (Å²) in [7, 11) is 0. The van der Waals surface area contributed by atoms with Crippen LogP contribution in [0.15, 0.2) is 0 Å². The molecular weight excluding hydrogens is 192 g/mol. The standard InChI is InChI=1S/C8H14N2O2.ClH/c11-8(10-6-1-2-6)7-5-12-4-3-9-7;/h6-7,9H,1-5H2,(H,10,11);1H/t7-;/m1./s1. The molecule has 0 aromatic carbocycles. The Morgan fingerprint density at radius 3 is 2.77 bits per heavy atom. The van der Waals surface area contributed by atoms with E-state index < -0.39 is 0 Å². The van der Waals surface area contributed by atoms with Gasteiger partial charge in [-0.1, -0.05) is 0 Å². The van der Waals surface area contributed by atoms with Crippen molar-refractivity contribution in [1.29, 1.82) is 0 Å². The summed E-state index contributed by atoms with van der Waals surface area (Å²) >= 11 is 0. The quantitative estimate of drug-likeness (QED) is 0.651. The number of amides is 1. The van der Waals surface area contributed by atoms with Gasteiger partial charge in [-0.05, 0) is 12.8 Å². The summed E-state index contributed by atoms with van der Waals surface area (Å²) in [6, 6.07) is 0.320. The normalized spacial score (nSPS) is 27.5. The number of halogens is 1. The molecule has 0 spiro atoms. The van der Waals surface area contributed by atoms with Crippen LogP contribution < -0.4 is 10.6 Å². The van der Waals surface area contributed by atoms with Gasteiger partial charge in [0.15, 0.2) is 0 Å². The molecule has 1 saturated heterocycles. The predicted molar refractivity (Wildman–Crippen MR) is 51.0 cm³/mol. The highest BCUT2D eigenvalue weighted by molar-refractivity contribution is 5.85. The number of rotatable bonds is 2. The Morgan fingerprint density at radius 1 is 1.46 bits per heavy atom. The first-order valence-electron chi connectivity index (χ1n) is 4.48. The van der Waals surface area contributed by atoms with E-state index >= 15 is 0 Å². The van der Waals surface area contributed by atoms with Crippen molar-refractivity contribution < 1.29 is 9.53 Å². The largest absolute Gasteiger partial charge is 0.378 e. The number of ether oxygens (including phenoxy) is 1. The Kier molecular flexibility index (Phi) is 3.96. The Hall–Kier alpha value is -0.320. The van der Waals surface area contributed by atoms with Gasteiger partial charge in [0.05, 0.1) is 13.2 Å². The molecule has 1 aliphatic carbocycles. The fraction of sp³-hybridized carbons (Fsp3) is 0.875. The molecule has 13 heavy (non-hydrogen) atoms. The molecule has 2 N–H and O–H groups in total. The van der Waals surface area contributed by atoms with E-state index in [1.807, 2.05) is 0 Å². The Labute approximate surface area is 83.8 Å². The topological polar surface area (TPSA) is 50.4 Å². The lowest BCUT2D eigenvalue weighted by Crippen LogP contribution is -2.51. The number of hydrogen-bond donors (Lipinski definition) is 2. The number of morpholine rings is 1.